The third-order valence-corrected chi connectivity index (χ3v) is 7.73. The highest BCUT2D eigenvalue weighted by molar-refractivity contribution is 6.08. The summed E-state index contributed by atoms with van der Waals surface area (Å²) >= 11 is 0. The molecule has 0 aliphatic carbocycles. The Balaban J connectivity index is 1.78. The summed E-state index contributed by atoms with van der Waals surface area (Å²) in [6.07, 6.45) is 0.463. The Bertz CT molecular complexity index is 1550. The first-order chi connectivity index (χ1) is 19.3. The highest BCUT2D eigenvalue weighted by Gasteiger charge is 2.37. The van der Waals surface area contributed by atoms with Crippen molar-refractivity contribution in [2.24, 2.45) is 0 Å². The van der Waals surface area contributed by atoms with Gasteiger partial charge in [0.2, 0.25) is 0 Å². The van der Waals surface area contributed by atoms with E-state index in [2.05, 4.69) is 0 Å². The number of hydrogen-bond donors (Lipinski definition) is 1. The van der Waals surface area contributed by atoms with Crippen molar-refractivity contribution in [2.45, 2.75) is 72.5 Å². The number of amides is 1. The summed E-state index contributed by atoms with van der Waals surface area (Å²) in [6.45, 7) is 11.5. The zero-order valence-corrected chi connectivity index (χ0v) is 24.3. The molecule has 1 unspecified atom stereocenters. The highest BCUT2D eigenvalue weighted by Crippen LogP contribution is 2.47. The van der Waals surface area contributed by atoms with E-state index in [1.807, 2.05) is 6.92 Å². The van der Waals surface area contributed by atoms with Crippen molar-refractivity contribution in [3.05, 3.63) is 80.9 Å². The number of carboxylic acid groups (broad SMARTS) is 1. The molecule has 41 heavy (non-hydrogen) atoms. The van der Waals surface area contributed by atoms with Crippen molar-refractivity contribution in [3.8, 4) is 16.9 Å². The van der Waals surface area contributed by atoms with Gasteiger partial charge in [0, 0.05) is 28.9 Å². The molecule has 1 N–H and O–H groups in total. The van der Waals surface area contributed by atoms with Gasteiger partial charge in [0.15, 0.2) is 17.7 Å². The molecule has 1 atom stereocenters. The molecular weight excluding hydrogens is 528 g/mol. The topological polar surface area (TPSA) is 76.1 Å². The van der Waals surface area contributed by atoms with Crippen molar-refractivity contribution < 1.29 is 33.0 Å². The van der Waals surface area contributed by atoms with Crippen LogP contribution in [0.4, 0.5) is 14.5 Å². The maximum Gasteiger partial charge on any atom is 0.337 e. The van der Waals surface area contributed by atoms with Gasteiger partial charge in [-0.15, -0.1) is 0 Å². The minimum Gasteiger partial charge on any atom is -0.490 e. The molecule has 0 bridgehead atoms. The lowest BCUT2D eigenvalue weighted by atomic mass is 9.83. The van der Waals surface area contributed by atoms with E-state index in [4.69, 9.17) is 9.47 Å². The van der Waals surface area contributed by atoms with Gasteiger partial charge < -0.3 is 19.5 Å². The average Bonchev–Trinajstić information content (AvgIpc) is 3.30. The van der Waals surface area contributed by atoms with Gasteiger partial charge >= 0.3 is 5.97 Å². The average molecular weight is 564 g/mol. The van der Waals surface area contributed by atoms with Crippen LogP contribution in [-0.2, 0) is 22.4 Å². The Morgan fingerprint density at radius 1 is 1.02 bits per heavy atom. The number of fused-ring (bicyclic) bond motifs is 2. The van der Waals surface area contributed by atoms with Crippen LogP contribution >= 0.6 is 0 Å². The van der Waals surface area contributed by atoms with Crippen molar-refractivity contribution in [1.82, 2.24) is 0 Å². The van der Waals surface area contributed by atoms with Gasteiger partial charge in [-0.2, -0.15) is 0 Å². The van der Waals surface area contributed by atoms with Crippen LogP contribution in [0.3, 0.4) is 0 Å². The number of anilines is 1. The maximum atomic E-state index is 15.5. The largest absolute Gasteiger partial charge is 0.490 e. The predicted octanol–water partition coefficient (Wildman–Crippen LogP) is 7.03. The standard InChI is InChI=1S/C33H35F2NO5/c1-17-12-20(15-21(34)13-17)31(37)36-10-9-23-26(36)14-18(2)27(30(32(38)39)41-33(4,5)6)28(23)24-16-25(35)29-22(19(24)3)8-7-11-40-29/h12-16,30H,7-11H2,1-6H3,(H,38,39). The quantitative estimate of drug-likeness (QED) is 0.361. The van der Waals surface area contributed by atoms with Crippen LogP contribution in [0.15, 0.2) is 30.3 Å². The molecule has 1 amide bonds. The molecule has 0 saturated heterocycles. The van der Waals surface area contributed by atoms with E-state index in [0.29, 0.717) is 59.5 Å². The van der Waals surface area contributed by atoms with Crippen LogP contribution in [0.2, 0.25) is 0 Å². The fraction of sp³-hybridized carbons (Fsp3) is 0.394. The van der Waals surface area contributed by atoms with E-state index in [-0.39, 0.29) is 17.2 Å². The molecule has 216 valence electrons. The number of rotatable bonds is 5. The normalized spacial score (nSPS) is 15.3. The van der Waals surface area contributed by atoms with Gasteiger partial charge in [0.05, 0.1) is 12.2 Å². The molecule has 0 saturated carbocycles. The molecule has 5 rings (SSSR count). The number of hydrogen-bond acceptors (Lipinski definition) is 4. The third kappa shape index (κ3) is 5.33. The zero-order chi connectivity index (χ0) is 29.8. The van der Waals surface area contributed by atoms with Gasteiger partial charge in [0.1, 0.15) is 5.82 Å². The Morgan fingerprint density at radius 2 is 1.76 bits per heavy atom. The number of ether oxygens (including phenoxy) is 2. The lowest BCUT2D eigenvalue weighted by molar-refractivity contribution is -0.160. The first-order valence-electron chi connectivity index (χ1n) is 13.9. The van der Waals surface area contributed by atoms with E-state index in [0.717, 1.165) is 23.1 Å². The fourth-order valence-corrected chi connectivity index (χ4v) is 6.07. The van der Waals surface area contributed by atoms with Crippen LogP contribution < -0.4 is 9.64 Å². The van der Waals surface area contributed by atoms with Crippen molar-refractivity contribution in [3.63, 3.8) is 0 Å². The minimum absolute atomic E-state index is 0.228. The predicted molar refractivity (Wildman–Crippen MR) is 153 cm³/mol. The monoisotopic (exact) mass is 563 g/mol. The molecule has 0 spiro atoms. The molecule has 6 nitrogen and oxygen atoms in total. The Kier molecular flexibility index (Phi) is 7.40. The smallest absolute Gasteiger partial charge is 0.337 e. The van der Waals surface area contributed by atoms with Gasteiger partial charge in [-0.05, 0) is 125 Å². The maximum absolute atomic E-state index is 15.5. The molecule has 0 aromatic heterocycles. The molecule has 8 heteroatoms. The molecule has 0 fully saturated rings. The van der Waals surface area contributed by atoms with Crippen LogP contribution in [0.25, 0.3) is 11.1 Å². The SMILES string of the molecule is Cc1cc(F)cc(C(=O)N2CCc3c2cc(C)c(C(OC(C)(C)C)C(=O)O)c3-c2cc(F)c3c(c2C)CCCO3)c1. The number of carbonyl (C=O) groups is 2. The summed E-state index contributed by atoms with van der Waals surface area (Å²) in [4.78, 5) is 28.0. The van der Waals surface area contributed by atoms with Crippen LogP contribution in [0, 0.1) is 32.4 Å². The number of aliphatic carboxylic acids is 1. The highest BCUT2D eigenvalue weighted by atomic mass is 19.1. The number of halogens is 2. The zero-order valence-electron chi connectivity index (χ0n) is 24.3. The summed E-state index contributed by atoms with van der Waals surface area (Å²) in [7, 11) is 0. The second-order valence-electron chi connectivity index (χ2n) is 11.9. The van der Waals surface area contributed by atoms with E-state index < -0.39 is 29.3 Å². The van der Waals surface area contributed by atoms with Crippen LogP contribution in [0.1, 0.15) is 77.0 Å². The summed E-state index contributed by atoms with van der Waals surface area (Å²) in [5.74, 6) is -2.28. The lowest BCUT2D eigenvalue weighted by Gasteiger charge is -2.30. The van der Waals surface area contributed by atoms with E-state index in [1.54, 1.807) is 51.7 Å². The summed E-state index contributed by atoms with van der Waals surface area (Å²) in [5, 5.41) is 10.4. The summed E-state index contributed by atoms with van der Waals surface area (Å²) in [5.41, 5.74) is 5.12. The van der Waals surface area contributed by atoms with Gasteiger partial charge in [-0.25, -0.2) is 13.6 Å². The number of carbonyl (C=O) groups excluding carboxylic acids is 1. The van der Waals surface area contributed by atoms with Gasteiger partial charge in [0.25, 0.3) is 5.91 Å². The molecule has 3 aromatic carbocycles. The Labute approximate surface area is 238 Å². The Hall–Kier alpha value is -3.78. The molecule has 3 aromatic rings. The van der Waals surface area contributed by atoms with Gasteiger partial charge in [-0.1, -0.05) is 0 Å². The number of nitrogens with zero attached hydrogens (tertiary/aromatic N) is 1. The van der Waals surface area contributed by atoms with Crippen molar-refractivity contribution in [1.29, 1.82) is 0 Å². The number of benzene rings is 3. The number of carboxylic acids is 1. The lowest BCUT2D eigenvalue weighted by Crippen LogP contribution is -2.30. The summed E-state index contributed by atoms with van der Waals surface area (Å²) < 4.78 is 41.5. The second-order valence-corrected chi connectivity index (χ2v) is 11.9. The Morgan fingerprint density at radius 3 is 2.41 bits per heavy atom. The molecule has 2 aliphatic rings. The van der Waals surface area contributed by atoms with E-state index >= 15 is 4.39 Å². The van der Waals surface area contributed by atoms with E-state index in [1.165, 1.54) is 18.2 Å². The second kappa shape index (κ2) is 10.6. The van der Waals surface area contributed by atoms with Crippen LogP contribution in [0.5, 0.6) is 5.75 Å². The minimum atomic E-state index is -1.33. The molecular formula is C33H35F2NO5. The van der Waals surface area contributed by atoms with Crippen molar-refractivity contribution >= 4 is 17.6 Å². The molecule has 2 heterocycles. The molecule has 0 radical (unpaired) electrons. The number of aryl methyl sites for hydroxylation is 2. The molecule has 2 aliphatic heterocycles. The van der Waals surface area contributed by atoms with Crippen molar-refractivity contribution in [2.75, 3.05) is 18.1 Å². The van der Waals surface area contributed by atoms with Crippen LogP contribution in [-0.4, -0.2) is 35.7 Å². The summed E-state index contributed by atoms with van der Waals surface area (Å²) in [6, 6.07) is 7.43. The third-order valence-electron chi connectivity index (χ3n) is 7.73. The van der Waals surface area contributed by atoms with E-state index in [9.17, 15) is 19.1 Å². The fourth-order valence-electron chi connectivity index (χ4n) is 6.07. The van der Waals surface area contributed by atoms with Gasteiger partial charge in [-0.3, -0.25) is 4.79 Å². The first-order valence-corrected chi connectivity index (χ1v) is 13.9. The first kappa shape index (κ1) is 28.7.